The van der Waals surface area contributed by atoms with E-state index < -0.39 is 0 Å². The molecule has 0 aliphatic heterocycles. The van der Waals surface area contributed by atoms with Gasteiger partial charge in [0, 0.05) is 11.8 Å². The zero-order valence-corrected chi connectivity index (χ0v) is 10.7. The fraction of sp³-hybridized carbons (Fsp3) is 0.0769. The van der Waals surface area contributed by atoms with Gasteiger partial charge >= 0.3 is 0 Å². The summed E-state index contributed by atoms with van der Waals surface area (Å²) in [6.45, 7) is 0.0653. The monoisotopic (exact) mass is 284 g/mol. The first-order chi connectivity index (χ1) is 10.2. The van der Waals surface area contributed by atoms with Crippen LogP contribution in [0.15, 0.2) is 35.1 Å². The molecule has 3 aromatic rings. The Kier molecular flexibility index (Phi) is 3.08. The van der Waals surface area contributed by atoms with Crippen molar-refractivity contribution in [2.45, 2.75) is 6.54 Å². The molecule has 0 radical (unpaired) electrons. The van der Waals surface area contributed by atoms with Crippen molar-refractivity contribution < 1.29 is 9.02 Å². The van der Waals surface area contributed by atoms with Crippen LogP contribution in [-0.4, -0.2) is 19.9 Å². The first kappa shape index (κ1) is 12.8. The molecule has 104 valence electrons. The van der Waals surface area contributed by atoms with E-state index >= 15 is 0 Å². The van der Waals surface area contributed by atoms with E-state index in [-0.39, 0.29) is 23.9 Å². The van der Waals surface area contributed by atoms with Gasteiger partial charge in [-0.25, -0.2) is 14.0 Å². The molecule has 21 heavy (non-hydrogen) atoms. The fourth-order valence-corrected chi connectivity index (χ4v) is 1.91. The van der Waals surface area contributed by atoms with Crippen molar-refractivity contribution in [2.75, 3.05) is 5.73 Å². The molecule has 0 unspecified atom stereocenters. The molecule has 0 saturated heterocycles. The van der Waals surface area contributed by atoms with E-state index in [1.165, 1.54) is 12.1 Å². The molecule has 0 spiro atoms. The Labute approximate surface area is 118 Å². The summed E-state index contributed by atoms with van der Waals surface area (Å²) < 4.78 is 19.1. The molecule has 0 bridgehead atoms. The van der Waals surface area contributed by atoms with Crippen LogP contribution >= 0.6 is 0 Å². The summed E-state index contributed by atoms with van der Waals surface area (Å²) in [6, 6.07) is 7.90. The second kappa shape index (κ2) is 5.05. The van der Waals surface area contributed by atoms with Gasteiger partial charge in [-0.1, -0.05) is 0 Å². The van der Waals surface area contributed by atoms with Gasteiger partial charge in [-0.05, 0) is 34.6 Å². The number of benzene rings is 1. The smallest absolute Gasteiger partial charge is 0.199 e. The highest BCUT2D eigenvalue weighted by Crippen LogP contribution is 2.26. The quantitative estimate of drug-likeness (QED) is 0.786. The maximum Gasteiger partial charge on any atom is 0.199 e. The molecule has 0 amide bonds. The highest BCUT2D eigenvalue weighted by molar-refractivity contribution is 5.68. The summed E-state index contributed by atoms with van der Waals surface area (Å²) in [5.41, 5.74) is 7.20. The zero-order chi connectivity index (χ0) is 14.8. The van der Waals surface area contributed by atoms with E-state index in [4.69, 9.17) is 11.0 Å². The number of imidazole rings is 1. The second-order valence-corrected chi connectivity index (χ2v) is 4.24. The van der Waals surface area contributed by atoms with Crippen molar-refractivity contribution in [3.63, 3.8) is 0 Å². The average Bonchev–Trinajstić information content (AvgIpc) is 3.06. The summed E-state index contributed by atoms with van der Waals surface area (Å²) >= 11 is 0. The number of nitriles is 1. The third kappa shape index (κ3) is 2.32. The third-order valence-electron chi connectivity index (χ3n) is 2.88. The SMILES string of the molecule is N#CCn1cc(-c2ccc(F)cc2)nc1-c1nonc1N. The number of nitrogen functional groups attached to an aromatic ring is 1. The maximum atomic E-state index is 13.0. The van der Waals surface area contributed by atoms with Crippen molar-refractivity contribution in [3.8, 4) is 28.8 Å². The fourth-order valence-electron chi connectivity index (χ4n) is 1.91. The number of nitrogens with two attached hydrogens (primary N) is 1. The van der Waals surface area contributed by atoms with Crippen LogP contribution in [0.1, 0.15) is 0 Å². The van der Waals surface area contributed by atoms with E-state index in [0.717, 1.165) is 0 Å². The Balaban J connectivity index is 2.11. The molecule has 0 aliphatic rings. The van der Waals surface area contributed by atoms with E-state index in [1.54, 1.807) is 22.9 Å². The van der Waals surface area contributed by atoms with Gasteiger partial charge in [0.25, 0.3) is 0 Å². The van der Waals surface area contributed by atoms with E-state index in [0.29, 0.717) is 17.1 Å². The third-order valence-corrected chi connectivity index (χ3v) is 2.88. The van der Waals surface area contributed by atoms with Gasteiger partial charge in [0.15, 0.2) is 17.3 Å². The lowest BCUT2D eigenvalue weighted by molar-refractivity contribution is 0.310. The number of aromatic nitrogens is 4. The molecule has 1 aromatic carbocycles. The van der Waals surface area contributed by atoms with Crippen LogP contribution in [0, 0.1) is 17.1 Å². The number of anilines is 1. The first-order valence-electron chi connectivity index (χ1n) is 5.97. The number of rotatable bonds is 3. The molecule has 0 aliphatic carbocycles. The molecule has 7 nitrogen and oxygen atoms in total. The molecule has 2 aromatic heterocycles. The van der Waals surface area contributed by atoms with Crippen molar-refractivity contribution in [2.24, 2.45) is 0 Å². The summed E-state index contributed by atoms with van der Waals surface area (Å²) in [4.78, 5) is 4.38. The highest BCUT2D eigenvalue weighted by Gasteiger charge is 2.18. The standard InChI is InChI=1S/C13H9FN6O/c14-9-3-1-8(2-4-9)10-7-20(6-5-15)13(17-10)11-12(16)19-21-18-11/h1-4,7H,6H2,(H2,16,19). The topological polar surface area (TPSA) is 107 Å². The molecule has 2 heterocycles. The number of hydrogen-bond acceptors (Lipinski definition) is 6. The summed E-state index contributed by atoms with van der Waals surface area (Å²) in [7, 11) is 0. The maximum absolute atomic E-state index is 13.0. The summed E-state index contributed by atoms with van der Waals surface area (Å²) in [5.74, 6) is 0.125. The number of hydrogen-bond donors (Lipinski definition) is 1. The van der Waals surface area contributed by atoms with Gasteiger partial charge < -0.3 is 10.3 Å². The molecule has 0 saturated carbocycles. The van der Waals surface area contributed by atoms with Crippen molar-refractivity contribution in [1.82, 2.24) is 19.9 Å². The van der Waals surface area contributed by atoms with Crippen molar-refractivity contribution in [3.05, 3.63) is 36.3 Å². The first-order valence-corrected chi connectivity index (χ1v) is 5.97. The van der Waals surface area contributed by atoms with Crippen LogP contribution in [0.25, 0.3) is 22.8 Å². The Hall–Kier alpha value is -3.21. The predicted octanol–water partition coefficient (Wildman–Crippen LogP) is 1.84. The lowest BCUT2D eigenvalue weighted by Crippen LogP contribution is -1.99. The molecule has 2 N–H and O–H groups in total. The molecular formula is C13H9FN6O. The van der Waals surface area contributed by atoms with Gasteiger partial charge in [0.1, 0.15) is 12.4 Å². The summed E-state index contributed by atoms with van der Waals surface area (Å²) in [6.07, 6.45) is 1.67. The number of halogens is 1. The Morgan fingerprint density at radius 2 is 2.05 bits per heavy atom. The van der Waals surface area contributed by atoms with E-state index in [1.807, 2.05) is 6.07 Å². The lowest BCUT2D eigenvalue weighted by Gasteiger charge is -1.98. The van der Waals surface area contributed by atoms with Gasteiger partial charge in [0.05, 0.1) is 11.8 Å². The van der Waals surface area contributed by atoms with Crippen molar-refractivity contribution in [1.29, 1.82) is 5.26 Å². The molecular weight excluding hydrogens is 275 g/mol. The summed E-state index contributed by atoms with van der Waals surface area (Å²) in [5, 5.41) is 16.1. The number of nitrogens with zero attached hydrogens (tertiary/aromatic N) is 5. The average molecular weight is 284 g/mol. The van der Waals surface area contributed by atoms with Crippen LogP contribution in [0.3, 0.4) is 0 Å². The second-order valence-electron chi connectivity index (χ2n) is 4.24. The normalized spacial score (nSPS) is 10.5. The minimum absolute atomic E-state index is 0.0653. The minimum Gasteiger partial charge on any atom is -0.379 e. The van der Waals surface area contributed by atoms with Crippen LogP contribution in [0.4, 0.5) is 10.2 Å². The van der Waals surface area contributed by atoms with Crippen LogP contribution < -0.4 is 5.73 Å². The van der Waals surface area contributed by atoms with Gasteiger partial charge in [0.2, 0.25) is 0 Å². The van der Waals surface area contributed by atoms with E-state index in [2.05, 4.69) is 19.9 Å². The van der Waals surface area contributed by atoms with Gasteiger partial charge in [-0.2, -0.15) is 5.26 Å². The van der Waals surface area contributed by atoms with Crippen LogP contribution in [-0.2, 0) is 6.54 Å². The molecule has 0 atom stereocenters. The molecule has 0 fully saturated rings. The Morgan fingerprint density at radius 1 is 1.29 bits per heavy atom. The largest absolute Gasteiger partial charge is 0.379 e. The molecule has 3 rings (SSSR count). The van der Waals surface area contributed by atoms with Crippen LogP contribution in [0.5, 0.6) is 0 Å². The molecule has 8 heteroatoms. The Bertz CT molecular complexity index is 814. The zero-order valence-electron chi connectivity index (χ0n) is 10.7. The lowest BCUT2D eigenvalue weighted by atomic mass is 10.2. The van der Waals surface area contributed by atoms with Crippen LogP contribution in [0.2, 0.25) is 0 Å². The van der Waals surface area contributed by atoms with Gasteiger partial charge in [-0.15, -0.1) is 0 Å². The Morgan fingerprint density at radius 3 is 2.67 bits per heavy atom. The van der Waals surface area contributed by atoms with E-state index in [9.17, 15) is 4.39 Å². The minimum atomic E-state index is -0.333. The van der Waals surface area contributed by atoms with Crippen molar-refractivity contribution >= 4 is 5.82 Å². The predicted molar refractivity (Wildman–Crippen MR) is 70.9 cm³/mol. The highest BCUT2D eigenvalue weighted by atomic mass is 19.1. The van der Waals surface area contributed by atoms with Gasteiger partial charge in [-0.3, -0.25) is 0 Å².